The summed E-state index contributed by atoms with van der Waals surface area (Å²) in [7, 11) is 1.74. The van der Waals surface area contributed by atoms with E-state index in [9.17, 15) is 9.18 Å². The maximum Gasteiger partial charge on any atom is 0.152 e. The summed E-state index contributed by atoms with van der Waals surface area (Å²) in [6.07, 6.45) is 0.477. The summed E-state index contributed by atoms with van der Waals surface area (Å²) in [6.45, 7) is 0.438. The van der Waals surface area contributed by atoms with Crippen molar-refractivity contribution in [3.63, 3.8) is 0 Å². The number of aliphatic hydroxyl groups excluding tert-OH is 1. The van der Waals surface area contributed by atoms with Crippen LogP contribution in [0, 0.1) is 5.82 Å². The van der Waals surface area contributed by atoms with E-state index < -0.39 is 5.82 Å². The second-order valence-corrected chi connectivity index (χ2v) is 2.97. The number of aliphatic hydroxyl groups is 1. The third-order valence-corrected chi connectivity index (χ3v) is 1.99. The monoisotopic (exact) mass is 197 g/mol. The van der Waals surface area contributed by atoms with Crippen molar-refractivity contribution in [2.45, 2.75) is 0 Å². The number of halogens is 1. The summed E-state index contributed by atoms with van der Waals surface area (Å²) in [5.41, 5.74) is 0.688. The predicted molar refractivity (Wildman–Crippen MR) is 52.1 cm³/mol. The van der Waals surface area contributed by atoms with E-state index in [1.54, 1.807) is 18.0 Å². The normalized spacial score (nSPS) is 9.93. The Kier molecular flexibility index (Phi) is 3.59. The Morgan fingerprint density at radius 2 is 2.29 bits per heavy atom. The van der Waals surface area contributed by atoms with Crippen molar-refractivity contribution in [3.05, 3.63) is 29.6 Å². The Morgan fingerprint density at radius 3 is 2.79 bits per heavy atom. The number of likely N-dealkylation sites (N-methyl/N-ethyl adjacent to an activating group) is 1. The summed E-state index contributed by atoms with van der Waals surface area (Å²) in [4.78, 5) is 12.0. The summed E-state index contributed by atoms with van der Waals surface area (Å²) in [5.74, 6) is -0.540. The zero-order valence-electron chi connectivity index (χ0n) is 7.90. The summed E-state index contributed by atoms with van der Waals surface area (Å²) in [6, 6.07) is 4.34. The molecule has 1 aromatic carbocycles. The number of carbonyl (C=O) groups is 1. The minimum Gasteiger partial charge on any atom is -0.395 e. The zero-order chi connectivity index (χ0) is 10.6. The van der Waals surface area contributed by atoms with Crippen LogP contribution < -0.4 is 4.90 Å². The first-order valence-corrected chi connectivity index (χ1v) is 4.25. The maximum absolute atomic E-state index is 13.1. The number of nitrogens with zero attached hydrogens (tertiary/aromatic N) is 1. The van der Waals surface area contributed by atoms with Crippen LogP contribution in [0.1, 0.15) is 10.4 Å². The predicted octanol–water partition coefficient (Wildman–Crippen LogP) is 1.07. The van der Waals surface area contributed by atoms with Crippen LogP contribution in [0.5, 0.6) is 0 Å². The van der Waals surface area contributed by atoms with Crippen LogP contribution in [-0.2, 0) is 0 Å². The van der Waals surface area contributed by atoms with Gasteiger partial charge >= 0.3 is 0 Å². The Labute approximate surface area is 81.8 Å². The molecule has 0 fully saturated rings. The third kappa shape index (κ3) is 2.29. The summed E-state index contributed by atoms with van der Waals surface area (Å²) < 4.78 is 13.1. The standard InChI is InChI=1S/C10H12FNO2/c1-12(4-5-13)9-3-2-8(7-14)10(11)6-9/h2-3,6-7,13H,4-5H2,1H3. The number of benzene rings is 1. The molecule has 0 saturated carbocycles. The molecule has 1 N–H and O–H groups in total. The molecule has 1 aromatic rings. The van der Waals surface area contributed by atoms with E-state index in [2.05, 4.69) is 0 Å². The van der Waals surface area contributed by atoms with Gasteiger partial charge in [0.2, 0.25) is 0 Å². The highest BCUT2D eigenvalue weighted by molar-refractivity contribution is 5.76. The number of hydrogen-bond donors (Lipinski definition) is 1. The average Bonchev–Trinajstić information content (AvgIpc) is 2.18. The third-order valence-electron chi connectivity index (χ3n) is 1.99. The minimum atomic E-state index is -0.540. The topological polar surface area (TPSA) is 40.5 Å². The highest BCUT2D eigenvalue weighted by atomic mass is 19.1. The van der Waals surface area contributed by atoms with Crippen molar-refractivity contribution in [2.75, 3.05) is 25.1 Å². The van der Waals surface area contributed by atoms with Crippen LogP contribution in [0.25, 0.3) is 0 Å². The molecule has 0 spiro atoms. The summed E-state index contributed by atoms with van der Waals surface area (Å²) >= 11 is 0. The van der Waals surface area contributed by atoms with Gasteiger partial charge in [0, 0.05) is 19.3 Å². The highest BCUT2D eigenvalue weighted by Crippen LogP contribution is 2.16. The van der Waals surface area contributed by atoms with Crippen molar-refractivity contribution in [2.24, 2.45) is 0 Å². The first-order valence-electron chi connectivity index (χ1n) is 4.25. The van der Waals surface area contributed by atoms with Crippen LogP contribution in [0.15, 0.2) is 18.2 Å². The minimum absolute atomic E-state index is 0.00749. The van der Waals surface area contributed by atoms with Crippen molar-refractivity contribution in [1.82, 2.24) is 0 Å². The first kappa shape index (κ1) is 10.7. The molecule has 0 aromatic heterocycles. The molecule has 0 bridgehead atoms. The Bertz CT molecular complexity index is 328. The van der Waals surface area contributed by atoms with Gasteiger partial charge in [0.25, 0.3) is 0 Å². The lowest BCUT2D eigenvalue weighted by molar-refractivity contribution is 0.112. The maximum atomic E-state index is 13.1. The quantitative estimate of drug-likeness (QED) is 0.734. The number of aldehydes is 1. The molecule has 1 rings (SSSR count). The van der Waals surface area contributed by atoms with Crippen LogP contribution in [0.4, 0.5) is 10.1 Å². The number of anilines is 1. The zero-order valence-corrected chi connectivity index (χ0v) is 7.90. The van der Waals surface area contributed by atoms with Gasteiger partial charge in [-0.15, -0.1) is 0 Å². The van der Waals surface area contributed by atoms with Gasteiger partial charge in [-0.25, -0.2) is 4.39 Å². The molecule has 0 aliphatic heterocycles. The second-order valence-electron chi connectivity index (χ2n) is 2.97. The Morgan fingerprint density at radius 1 is 1.57 bits per heavy atom. The number of hydrogen-bond acceptors (Lipinski definition) is 3. The van der Waals surface area contributed by atoms with Gasteiger partial charge < -0.3 is 10.0 Å². The second kappa shape index (κ2) is 4.72. The molecule has 0 saturated heterocycles. The van der Waals surface area contributed by atoms with Crippen LogP contribution in [-0.4, -0.2) is 31.6 Å². The first-order chi connectivity index (χ1) is 6.69. The SMILES string of the molecule is CN(CCO)c1ccc(C=O)c(F)c1. The van der Waals surface area contributed by atoms with Crippen molar-refractivity contribution in [1.29, 1.82) is 0 Å². The largest absolute Gasteiger partial charge is 0.395 e. The molecular weight excluding hydrogens is 185 g/mol. The molecular formula is C10H12FNO2. The molecule has 0 unspecified atom stereocenters. The smallest absolute Gasteiger partial charge is 0.152 e. The lowest BCUT2D eigenvalue weighted by Gasteiger charge is -2.17. The molecule has 76 valence electrons. The van der Waals surface area contributed by atoms with Crippen LogP contribution in [0.2, 0.25) is 0 Å². The van der Waals surface area contributed by atoms with Gasteiger partial charge in [-0.2, -0.15) is 0 Å². The van der Waals surface area contributed by atoms with Gasteiger partial charge in [-0.3, -0.25) is 4.79 Å². The van der Waals surface area contributed by atoms with Crippen molar-refractivity contribution in [3.8, 4) is 0 Å². The number of rotatable bonds is 4. The fourth-order valence-electron chi connectivity index (χ4n) is 1.13. The van der Waals surface area contributed by atoms with Gasteiger partial charge in [-0.05, 0) is 18.2 Å². The molecule has 3 nitrogen and oxygen atoms in total. The fraction of sp³-hybridized carbons (Fsp3) is 0.300. The van der Waals surface area contributed by atoms with E-state index >= 15 is 0 Å². The van der Waals surface area contributed by atoms with Gasteiger partial charge in [0.15, 0.2) is 6.29 Å². The van der Waals surface area contributed by atoms with E-state index in [-0.39, 0.29) is 12.2 Å². The lowest BCUT2D eigenvalue weighted by Crippen LogP contribution is -2.21. The van der Waals surface area contributed by atoms with Crippen LogP contribution in [0.3, 0.4) is 0 Å². The van der Waals surface area contributed by atoms with Gasteiger partial charge in [0.1, 0.15) is 5.82 Å². The Balaban J connectivity index is 2.90. The Hall–Kier alpha value is -1.42. The summed E-state index contributed by atoms with van der Waals surface area (Å²) in [5, 5.41) is 8.68. The molecule has 4 heteroatoms. The average molecular weight is 197 g/mol. The van der Waals surface area contributed by atoms with Gasteiger partial charge in [-0.1, -0.05) is 0 Å². The van der Waals surface area contributed by atoms with Crippen molar-refractivity contribution < 1.29 is 14.3 Å². The van der Waals surface area contributed by atoms with E-state index in [1.165, 1.54) is 12.1 Å². The van der Waals surface area contributed by atoms with E-state index in [4.69, 9.17) is 5.11 Å². The fourth-order valence-corrected chi connectivity index (χ4v) is 1.13. The molecule has 0 amide bonds. The van der Waals surface area contributed by atoms with E-state index in [0.29, 0.717) is 18.5 Å². The number of carbonyl (C=O) groups excluding carboxylic acids is 1. The van der Waals surface area contributed by atoms with Gasteiger partial charge in [0.05, 0.1) is 12.2 Å². The molecule has 14 heavy (non-hydrogen) atoms. The van der Waals surface area contributed by atoms with Crippen LogP contribution >= 0.6 is 0 Å². The van der Waals surface area contributed by atoms with E-state index in [1.807, 2.05) is 0 Å². The van der Waals surface area contributed by atoms with E-state index in [0.717, 1.165) is 0 Å². The molecule has 0 aliphatic rings. The molecule has 0 atom stereocenters. The lowest BCUT2D eigenvalue weighted by atomic mass is 10.2. The molecule has 0 aliphatic carbocycles. The molecule has 0 heterocycles. The molecule has 0 radical (unpaired) electrons. The highest BCUT2D eigenvalue weighted by Gasteiger charge is 2.05. The van der Waals surface area contributed by atoms with Crippen molar-refractivity contribution >= 4 is 12.0 Å².